The lowest BCUT2D eigenvalue weighted by Crippen LogP contribution is -2.57. The highest BCUT2D eigenvalue weighted by atomic mass is 32.2. The van der Waals surface area contributed by atoms with Crippen molar-refractivity contribution in [1.82, 2.24) is 24.8 Å². The molecule has 4 saturated heterocycles. The van der Waals surface area contributed by atoms with Crippen molar-refractivity contribution >= 4 is 45.3 Å². The molecule has 0 spiro atoms. The molecule has 9 nitrogen and oxygen atoms in total. The number of aromatic nitrogens is 3. The molecule has 2 aromatic heterocycles. The lowest BCUT2D eigenvalue weighted by Gasteiger charge is -2.42. The smallest absolute Gasteiger partial charge is 0.410 e. The number of hydrogen-bond donors (Lipinski definition) is 0. The van der Waals surface area contributed by atoms with Gasteiger partial charge in [-0.1, -0.05) is 30.3 Å². The van der Waals surface area contributed by atoms with Gasteiger partial charge in [0, 0.05) is 35.1 Å². The number of carbonyl (C=O) groups excluding carboxylic acids is 1. The summed E-state index contributed by atoms with van der Waals surface area (Å²) in [4.78, 5) is 35.4. The van der Waals surface area contributed by atoms with Crippen molar-refractivity contribution in [2.45, 2.75) is 87.4 Å². The van der Waals surface area contributed by atoms with Crippen molar-refractivity contribution in [1.29, 1.82) is 0 Å². The van der Waals surface area contributed by atoms with Gasteiger partial charge in [-0.05, 0) is 90.1 Å². The first-order chi connectivity index (χ1) is 23.1. The van der Waals surface area contributed by atoms with Gasteiger partial charge in [0.1, 0.15) is 29.2 Å². The Morgan fingerprint density at radius 2 is 1.75 bits per heavy atom. The monoisotopic (exact) mass is 670 g/mol. The number of fused-ring (bicyclic) bond motifs is 5. The molecule has 8 rings (SSSR count). The van der Waals surface area contributed by atoms with Gasteiger partial charge in [-0.25, -0.2) is 9.18 Å². The maximum atomic E-state index is 17.0. The topological polar surface area (TPSA) is 83.9 Å². The van der Waals surface area contributed by atoms with Crippen molar-refractivity contribution in [2.24, 2.45) is 0 Å². The fourth-order valence-electron chi connectivity index (χ4n) is 8.54. The van der Waals surface area contributed by atoms with Crippen LogP contribution in [-0.2, 0) is 4.74 Å². The number of halogens is 1. The number of thioether (sulfide) groups is 1. The normalized spacial score (nSPS) is 22.1. The van der Waals surface area contributed by atoms with Gasteiger partial charge >= 0.3 is 12.1 Å². The van der Waals surface area contributed by atoms with Crippen LogP contribution in [0.3, 0.4) is 0 Å². The zero-order valence-electron chi connectivity index (χ0n) is 28.2. The average molecular weight is 671 g/mol. The first-order valence-corrected chi connectivity index (χ1v) is 18.4. The average Bonchev–Trinajstić information content (AvgIpc) is 3.73. The summed E-state index contributed by atoms with van der Waals surface area (Å²) in [6.07, 6.45) is 9.71. The summed E-state index contributed by atoms with van der Waals surface area (Å²) in [5.74, 6) is 0.116. The summed E-state index contributed by atoms with van der Waals surface area (Å²) in [6, 6.07) is 12.2. The highest BCUT2D eigenvalue weighted by Gasteiger charge is 2.46. The van der Waals surface area contributed by atoms with E-state index in [0.717, 1.165) is 72.8 Å². The molecule has 2 aromatic carbocycles. The fourth-order valence-corrected chi connectivity index (χ4v) is 9.18. The summed E-state index contributed by atoms with van der Waals surface area (Å²) in [6.45, 7) is 9.45. The van der Waals surface area contributed by atoms with E-state index in [1.165, 1.54) is 0 Å². The first kappa shape index (κ1) is 31.6. The number of hydrogen-bond acceptors (Lipinski definition) is 9. The molecule has 252 valence electrons. The number of ether oxygens (including phenoxy) is 2. The van der Waals surface area contributed by atoms with Crippen LogP contribution >= 0.6 is 11.8 Å². The molecule has 2 bridgehead atoms. The maximum Gasteiger partial charge on any atom is 0.410 e. The molecule has 2 atom stereocenters. The van der Waals surface area contributed by atoms with E-state index in [1.807, 2.05) is 62.3 Å². The molecule has 4 fully saturated rings. The molecule has 0 unspecified atom stereocenters. The number of benzene rings is 2. The van der Waals surface area contributed by atoms with E-state index < -0.39 is 11.4 Å². The summed E-state index contributed by atoms with van der Waals surface area (Å²) in [7, 11) is 0. The maximum absolute atomic E-state index is 17.0. The molecule has 11 heteroatoms. The van der Waals surface area contributed by atoms with Gasteiger partial charge in [-0.2, -0.15) is 9.97 Å². The van der Waals surface area contributed by atoms with Gasteiger partial charge < -0.3 is 14.4 Å². The minimum atomic E-state index is -0.571. The van der Waals surface area contributed by atoms with Gasteiger partial charge in [-0.3, -0.25) is 14.8 Å². The fraction of sp³-hybridized carbons (Fsp3) is 0.514. The van der Waals surface area contributed by atoms with Crippen molar-refractivity contribution in [3.8, 4) is 17.3 Å². The van der Waals surface area contributed by atoms with Crippen molar-refractivity contribution in [3.63, 3.8) is 0 Å². The number of nitrogens with zero attached hydrogens (tertiary/aromatic N) is 6. The van der Waals surface area contributed by atoms with Crippen molar-refractivity contribution < 1.29 is 18.7 Å². The Labute approximate surface area is 285 Å². The van der Waals surface area contributed by atoms with Crippen LogP contribution in [0, 0.1) is 5.82 Å². The molecular formula is C37H43FN6O3S. The van der Waals surface area contributed by atoms with Crippen LogP contribution in [0.4, 0.5) is 15.0 Å². The van der Waals surface area contributed by atoms with Gasteiger partial charge in [0.25, 0.3) is 0 Å². The largest absolute Gasteiger partial charge is 0.461 e. The highest BCUT2D eigenvalue weighted by molar-refractivity contribution is 7.98. The molecular weight excluding hydrogens is 628 g/mol. The standard InChI is InChI=1S/C37H43FN6O3S/c1-36(2,3)47-35(45)44-24-13-14-25(44)21-42(20-24)33-27-19-39-31(26-11-5-9-23-10-6-12-28(48-4)29(23)26)30(38)32(27)40-34(41-33)46-22-37-15-7-17-43(37)18-8-16-37/h5-6,9-12,19,24-25H,7-8,13-18,20-22H2,1-4H3/t24-,25+. The van der Waals surface area contributed by atoms with Crippen LogP contribution in [0.15, 0.2) is 47.5 Å². The molecule has 0 N–H and O–H groups in total. The van der Waals surface area contributed by atoms with Crippen LogP contribution in [0.2, 0.25) is 0 Å². The molecule has 48 heavy (non-hydrogen) atoms. The summed E-state index contributed by atoms with van der Waals surface area (Å²) >= 11 is 1.63. The summed E-state index contributed by atoms with van der Waals surface area (Å²) in [5.41, 5.74) is 0.618. The Balaban J connectivity index is 1.21. The zero-order valence-corrected chi connectivity index (χ0v) is 29.0. The number of piperazine rings is 1. The van der Waals surface area contributed by atoms with Crippen molar-refractivity contribution in [3.05, 3.63) is 48.4 Å². The molecule has 0 aliphatic carbocycles. The molecule has 4 aliphatic heterocycles. The Morgan fingerprint density at radius 3 is 2.44 bits per heavy atom. The lowest BCUT2D eigenvalue weighted by atomic mass is 9.95. The molecule has 6 heterocycles. The molecule has 0 radical (unpaired) electrons. The van der Waals surface area contributed by atoms with Gasteiger partial charge in [0.05, 0.1) is 23.0 Å². The lowest BCUT2D eigenvalue weighted by molar-refractivity contribution is 0.0122. The number of carbonyl (C=O) groups is 1. The Kier molecular flexibility index (Phi) is 7.90. The Morgan fingerprint density at radius 1 is 1.04 bits per heavy atom. The number of rotatable bonds is 6. The SMILES string of the molecule is CSc1cccc2cccc(-c3ncc4c(N5C[C@H]6CC[C@@H](C5)N6C(=O)OC(C)(C)C)nc(OCC56CCCN5CCC6)nc4c3F)c12. The number of amides is 1. The number of anilines is 1. The van der Waals surface area contributed by atoms with Crippen molar-refractivity contribution in [2.75, 3.05) is 43.9 Å². The second-order valence-corrected chi connectivity index (χ2v) is 15.6. The van der Waals surface area contributed by atoms with E-state index in [0.29, 0.717) is 30.9 Å². The highest BCUT2D eigenvalue weighted by Crippen LogP contribution is 2.42. The molecule has 4 aromatic rings. The van der Waals surface area contributed by atoms with E-state index in [2.05, 4.69) is 15.9 Å². The Bertz CT molecular complexity index is 1870. The predicted octanol–water partition coefficient (Wildman–Crippen LogP) is 7.30. The van der Waals surface area contributed by atoms with Crippen LogP contribution < -0.4 is 9.64 Å². The molecule has 0 saturated carbocycles. The van der Waals surface area contributed by atoms with Gasteiger partial charge in [-0.15, -0.1) is 11.8 Å². The van der Waals surface area contributed by atoms with Crippen LogP contribution in [0.1, 0.15) is 59.3 Å². The van der Waals surface area contributed by atoms with Gasteiger partial charge in [0.2, 0.25) is 0 Å². The van der Waals surface area contributed by atoms with Crippen LogP contribution in [0.25, 0.3) is 32.9 Å². The Hall–Kier alpha value is -3.70. The van der Waals surface area contributed by atoms with Crippen LogP contribution in [0.5, 0.6) is 6.01 Å². The van der Waals surface area contributed by atoms with E-state index in [9.17, 15) is 4.79 Å². The van der Waals surface area contributed by atoms with Crippen LogP contribution in [-0.4, -0.2) is 93.1 Å². The summed E-state index contributed by atoms with van der Waals surface area (Å²) in [5, 5.41) is 2.55. The number of pyridine rings is 1. The second kappa shape index (κ2) is 12.0. The van der Waals surface area contributed by atoms with E-state index >= 15 is 4.39 Å². The quantitative estimate of drug-likeness (QED) is 0.196. The zero-order chi connectivity index (χ0) is 33.2. The molecule has 1 amide bonds. The van der Waals surface area contributed by atoms with E-state index in [4.69, 9.17) is 24.4 Å². The van der Waals surface area contributed by atoms with E-state index in [-0.39, 0.29) is 40.9 Å². The first-order valence-electron chi connectivity index (χ1n) is 17.2. The minimum absolute atomic E-state index is 0.00421. The summed E-state index contributed by atoms with van der Waals surface area (Å²) < 4.78 is 29.2. The third-order valence-corrected chi connectivity index (χ3v) is 11.4. The second-order valence-electron chi connectivity index (χ2n) is 14.8. The third-order valence-electron chi connectivity index (χ3n) is 10.7. The molecule has 4 aliphatic rings. The predicted molar refractivity (Wildman–Crippen MR) is 187 cm³/mol. The minimum Gasteiger partial charge on any atom is -0.461 e. The van der Waals surface area contributed by atoms with Gasteiger partial charge in [0.15, 0.2) is 5.82 Å². The third kappa shape index (κ3) is 5.43. The van der Waals surface area contributed by atoms with E-state index in [1.54, 1.807) is 18.0 Å².